The molecule has 2 rings (SSSR count). The summed E-state index contributed by atoms with van der Waals surface area (Å²) in [5.74, 6) is 0.262. The van der Waals surface area contributed by atoms with Crippen molar-refractivity contribution in [1.82, 2.24) is 19.9 Å². The van der Waals surface area contributed by atoms with E-state index in [4.69, 9.17) is 7.10 Å². The predicted molar refractivity (Wildman–Crippen MR) is 36.1 cm³/mol. The van der Waals surface area contributed by atoms with Gasteiger partial charge in [-0.25, -0.2) is 15.0 Å². The van der Waals surface area contributed by atoms with Crippen molar-refractivity contribution >= 4 is 17.0 Å². The van der Waals surface area contributed by atoms with Crippen LogP contribution < -0.4 is 5.73 Å². The van der Waals surface area contributed by atoms with Gasteiger partial charge < -0.3 is 10.7 Å². The maximum absolute atomic E-state index is 7.10. The van der Waals surface area contributed by atoms with Gasteiger partial charge in [-0.15, -0.1) is 0 Å². The van der Waals surface area contributed by atoms with E-state index in [2.05, 4.69) is 19.9 Å². The highest BCUT2D eigenvalue weighted by molar-refractivity contribution is 5.80. The van der Waals surface area contributed by atoms with Gasteiger partial charge in [0.05, 0.1) is 6.33 Å². The Labute approximate surface area is 57.7 Å². The van der Waals surface area contributed by atoms with E-state index in [1.807, 2.05) is 0 Å². The van der Waals surface area contributed by atoms with Crippen molar-refractivity contribution in [3.63, 3.8) is 0 Å². The first-order valence-electron chi connectivity index (χ1n) is 3.20. The highest BCUT2D eigenvalue weighted by Gasteiger charge is 1.99. The van der Waals surface area contributed by atoms with E-state index in [0.717, 1.165) is 0 Å². The Kier molecular flexibility index (Phi) is 0.700. The van der Waals surface area contributed by atoms with Crippen molar-refractivity contribution < 1.29 is 1.37 Å². The summed E-state index contributed by atoms with van der Waals surface area (Å²) in [6, 6.07) is 0. The van der Waals surface area contributed by atoms with Crippen LogP contribution in [-0.4, -0.2) is 19.9 Å². The number of anilines is 1. The number of imidazole rings is 1. The average Bonchev–Trinajstić information content (AvgIpc) is 2.34. The third kappa shape index (κ3) is 0.540. The molecule has 0 fully saturated rings. The van der Waals surface area contributed by atoms with Crippen LogP contribution in [0.1, 0.15) is 1.37 Å². The smallest absolute Gasteiger partial charge is 0.182 e. The van der Waals surface area contributed by atoms with Crippen molar-refractivity contribution in [3.05, 3.63) is 12.6 Å². The minimum absolute atomic E-state index is 0.109. The second-order valence-electron chi connectivity index (χ2n) is 1.81. The fraction of sp³-hybridized carbons (Fsp3) is 0. The Morgan fingerprint density at radius 1 is 1.50 bits per heavy atom. The van der Waals surface area contributed by atoms with Crippen LogP contribution in [0.4, 0.5) is 5.82 Å². The van der Waals surface area contributed by atoms with Gasteiger partial charge in [0.25, 0.3) is 0 Å². The number of H-pyrrole nitrogens is 1. The fourth-order valence-corrected chi connectivity index (χ4v) is 0.742. The maximum atomic E-state index is 7.10. The number of nitrogens with zero attached hydrogens (tertiary/aromatic N) is 3. The van der Waals surface area contributed by atoms with Crippen LogP contribution in [0.25, 0.3) is 11.2 Å². The molecule has 0 aromatic carbocycles. The molecule has 5 heteroatoms. The molecule has 0 saturated heterocycles. The normalized spacial score (nSPS) is 11.8. The van der Waals surface area contributed by atoms with Gasteiger partial charge in [0.1, 0.15) is 13.2 Å². The third-order valence-electron chi connectivity index (χ3n) is 1.20. The number of rotatable bonds is 0. The van der Waals surface area contributed by atoms with E-state index < -0.39 is 0 Å². The van der Waals surface area contributed by atoms with Crippen LogP contribution in [0.15, 0.2) is 12.6 Å². The Hall–Kier alpha value is -1.65. The lowest BCUT2D eigenvalue weighted by Crippen LogP contribution is -1.91. The van der Waals surface area contributed by atoms with Crippen LogP contribution in [0, 0.1) is 0 Å². The number of hydrogen-bond donors (Lipinski definition) is 2. The van der Waals surface area contributed by atoms with Crippen molar-refractivity contribution in [2.45, 2.75) is 0 Å². The standard InChI is InChI=1S/C5H5N5/c6-4-3-5(9-1-7-3)10-2-8-4/h1-2H,(H3,6,7,8,9,10)/i2D. The maximum Gasteiger partial charge on any atom is 0.182 e. The highest BCUT2D eigenvalue weighted by Crippen LogP contribution is 2.09. The van der Waals surface area contributed by atoms with Gasteiger partial charge in [-0.3, -0.25) is 0 Å². The summed E-state index contributed by atoms with van der Waals surface area (Å²) < 4.78 is 7.10. The average molecular weight is 136 g/mol. The molecule has 2 heterocycles. The van der Waals surface area contributed by atoms with Gasteiger partial charge in [0.2, 0.25) is 0 Å². The largest absolute Gasteiger partial charge is 0.382 e. The van der Waals surface area contributed by atoms with Crippen LogP contribution in [0.2, 0.25) is 0 Å². The third-order valence-corrected chi connectivity index (χ3v) is 1.20. The van der Waals surface area contributed by atoms with E-state index in [-0.39, 0.29) is 12.1 Å². The number of aromatic nitrogens is 4. The van der Waals surface area contributed by atoms with Gasteiger partial charge >= 0.3 is 0 Å². The second kappa shape index (κ2) is 1.66. The summed E-state index contributed by atoms with van der Waals surface area (Å²) in [6.45, 7) is 0. The zero-order valence-electron chi connectivity index (χ0n) is 6.00. The number of aromatic amines is 1. The summed E-state index contributed by atoms with van der Waals surface area (Å²) in [6.07, 6.45) is 1.36. The first kappa shape index (κ1) is 4.21. The van der Waals surface area contributed by atoms with Crippen LogP contribution in [0.3, 0.4) is 0 Å². The molecule has 0 spiro atoms. The van der Waals surface area contributed by atoms with Gasteiger partial charge in [-0.2, -0.15) is 0 Å². The molecule has 0 aliphatic heterocycles. The SMILES string of the molecule is [2H]c1nc(N)c2[nH]cnc2n1. The molecule has 3 N–H and O–H groups in total. The molecule has 10 heavy (non-hydrogen) atoms. The Morgan fingerprint density at radius 3 is 3.30 bits per heavy atom. The lowest BCUT2D eigenvalue weighted by Gasteiger charge is -1.89. The minimum atomic E-state index is -0.109. The summed E-state index contributed by atoms with van der Waals surface area (Å²) in [5, 5.41) is 0. The molecule has 5 nitrogen and oxygen atoms in total. The molecule has 0 saturated carbocycles. The molecule has 0 aliphatic rings. The quantitative estimate of drug-likeness (QED) is 0.531. The molecule has 0 atom stereocenters. The van der Waals surface area contributed by atoms with Crippen molar-refractivity contribution in [3.8, 4) is 0 Å². The first-order valence-corrected chi connectivity index (χ1v) is 2.70. The van der Waals surface area contributed by atoms with Crippen molar-refractivity contribution in [2.24, 2.45) is 0 Å². The summed E-state index contributed by atoms with van der Waals surface area (Å²) >= 11 is 0. The summed E-state index contributed by atoms with van der Waals surface area (Å²) in [4.78, 5) is 14.0. The van der Waals surface area contributed by atoms with Gasteiger partial charge in [0, 0.05) is 0 Å². The molecule has 0 amide bonds. The van der Waals surface area contributed by atoms with E-state index in [0.29, 0.717) is 11.2 Å². The summed E-state index contributed by atoms with van der Waals surface area (Å²) in [5.41, 5.74) is 6.48. The molecule has 2 aromatic heterocycles. The minimum Gasteiger partial charge on any atom is -0.382 e. The van der Waals surface area contributed by atoms with Crippen LogP contribution in [0.5, 0.6) is 0 Å². The van der Waals surface area contributed by atoms with Crippen molar-refractivity contribution in [1.29, 1.82) is 0 Å². The molecule has 0 bridgehead atoms. The highest BCUT2D eigenvalue weighted by atomic mass is 15.0. The summed E-state index contributed by atoms with van der Waals surface area (Å²) in [7, 11) is 0. The zero-order chi connectivity index (χ0) is 7.84. The molecule has 0 radical (unpaired) electrons. The predicted octanol–water partition coefficient (Wildman–Crippen LogP) is -0.0649. The van der Waals surface area contributed by atoms with Crippen LogP contribution in [-0.2, 0) is 0 Å². The van der Waals surface area contributed by atoms with Gasteiger partial charge in [-0.05, 0) is 0 Å². The Bertz CT molecular complexity index is 395. The van der Waals surface area contributed by atoms with E-state index in [1.54, 1.807) is 0 Å². The molecule has 0 unspecified atom stereocenters. The number of hydrogen-bond acceptors (Lipinski definition) is 4. The Morgan fingerprint density at radius 2 is 2.40 bits per heavy atom. The number of nitrogen functional groups attached to an aromatic ring is 1. The lowest BCUT2D eigenvalue weighted by atomic mass is 10.5. The molecule has 2 aromatic rings. The topological polar surface area (TPSA) is 80.5 Å². The van der Waals surface area contributed by atoms with Gasteiger partial charge in [-0.1, -0.05) is 0 Å². The number of nitrogens with one attached hydrogen (secondary N) is 1. The zero-order valence-corrected chi connectivity index (χ0v) is 5.00. The van der Waals surface area contributed by atoms with E-state index in [1.165, 1.54) is 6.33 Å². The molecular weight excluding hydrogens is 130 g/mol. The molecular formula is C5H5N5. The fourth-order valence-electron chi connectivity index (χ4n) is 0.742. The van der Waals surface area contributed by atoms with Crippen molar-refractivity contribution in [2.75, 3.05) is 5.73 Å². The second-order valence-corrected chi connectivity index (χ2v) is 1.81. The first-order chi connectivity index (χ1) is 5.27. The molecule has 50 valence electrons. The molecule has 0 aliphatic carbocycles. The Balaban J connectivity index is 2.91. The monoisotopic (exact) mass is 136 g/mol. The number of fused-ring (bicyclic) bond motifs is 1. The lowest BCUT2D eigenvalue weighted by molar-refractivity contribution is 1.21. The van der Waals surface area contributed by atoms with Crippen LogP contribution >= 0.6 is 0 Å². The van der Waals surface area contributed by atoms with E-state index in [9.17, 15) is 0 Å². The van der Waals surface area contributed by atoms with Gasteiger partial charge in [0.15, 0.2) is 11.5 Å². The number of nitrogens with two attached hydrogens (primary N) is 1. The van der Waals surface area contributed by atoms with E-state index >= 15 is 0 Å².